The number of benzene rings is 4. The van der Waals surface area contributed by atoms with Gasteiger partial charge in [0.25, 0.3) is 0 Å². The second-order valence-corrected chi connectivity index (χ2v) is 18.8. The normalized spacial score (nSPS) is 19.4. The van der Waals surface area contributed by atoms with Gasteiger partial charge in [-0.2, -0.15) is 0 Å². The first kappa shape index (κ1) is 42.1. The molecule has 3 N–H and O–H groups in total. The Hall–Kier alpha value is -4.01. The molecule has 7 heteroatoms. The molecule has 0 spiro atoms. The number of ketones is 2. The van der Waals surface area contributed by atoms with Gasteiger partial charge in [0, 0.05) is 34.3 Å². The van der Waals surface area contributed by atoms with Gasteiger partial charge < -0.3 is 5.32 Å². The highest BCUT2D eigenvalue weighted by Crippen LogP contribution is 2.36. The van der Waals surface area contributed by atoms with Gasteiger partial charge in [-0.3, -0.25) is 20.2 Å². The maximum Gasteiger partial charge on any atom is 0.158 e. The third-order valence-corrected chi connectivity index (χ3v) is 10.6. The molecule has 0 saturated carbocycles. The van der Waals surface area contributed by atoms with Crippen LogP contribution in [0.25, 0.3) is 11.1 Å². The van der Waals surface area contributed by atoms with E-state index < -0.39 is 0 Å². The summed E-state index contributed by atoms with van der Waals surface area (Å²) in [4.78, 5) is 25.8. The van der Waals surface area contributed by atoms with E-state index in [9.17, 15) is 13.8 Å². The lowest BCUT2D eigenvalue weighted by atomic mass is 9.85. The molecule has 0 heterocycles. The van der Waals surface area contributed by atoms with E-state index in [0.717, 1.165) is 47.2 Å². The van der Waals surface area contributed by atoms with Crippen molar-refractivity contribution in [1.29, 1.82) is 0 Å². The quantitative estimate of drug-likeness (QED) is 0.143. The molecule has 0 bridgehead atoms. The molecule has 0 aliphatic heterocycles. The highest BCUT2D eigenvalue weighted by Gasteiger charge is 2.32. The molecule has 0 aromatic heterocycles. The molecule has 3 atom stereocenters. The molecule has 3 unspecified atom stereocenters. The zero-order valence-corrected chi connectivity index (χ0v) is 35.2. The molecule has 0 saturated heterocycles. The molecular formula is C48H61N3O3S. The molecule has 55 heavy (non-hydrogen) atoms. The van der Waals surface area contributed by atoms with Crippen LogP contribution in [0.5, 0.6) is 0 Å². The number of carbonyl (C=O) groups is 2. The van der Waals surface area contributed by atoms with Crippen molar-refractivity contribution >= 4 is 27.7 Å². The molecule has 6 nitrogen and oxygen atoms in total. The van der Waals surface area contributed by atoms with E-state index in [4.69, 9.17) is 0 Å². The minimum absolute atomic E-state index is 0.00307. The summed E-state index contributed by atoms with van der Waals surface area (Å²) in [6.07, 6.45) is 5.09. The van der Waals surface area contributed by atoms with Gasteiger partial charge in [0.1, 0.15) is 0 Å². The van der Waals surface area contributed by atoms with Crippen molar-refractivity contribution < 1.29 is 13.8 Å². The molecule has 3 aliphatic rings. The minimum atomic E-state index is -0.242. The lowest BCUT2D eigenvalue weighted by Gasteiger charge is -2.31. The Morgan fingerprint density at radius 3 is 1.47 bits per heavy atom. The molecule has 4 aromatic carbocycles. The monoisotopic (exact) mass is 759 g/mol. The lowest BCUT2D eigenvalue weighted by Crippen LogP contribution is -2.43. The molecule has 7 rings (SSSR count). The van der Waals surface area contributed by atoms with Crippen molar-refractivity contribution in [2.24, 2.45) is 0 Å². The summed E-state index contributed by atoms with van der Waals surface area (Å²) in [7, 11) is 0. The van der Waals surface area contributed by atoms with Crippen LogP contribution in [0.15, 0.2) is 97.1 Å². The maximum absolute atomic E-state index is 12.8. The largest absolute Gasteiger partial charge is 0.301 e. The Labute approximate surface area is 333 Å². The van der Waals surface area contributed by atoms with Crippen LogP contribution in [0.1, 0.15) is 133 Å². The molecule has 3 aliphatic carbocycles. The highest BCUT2D eigenvalue weighted by molar-refractivity contribution is 7.66. The first-order valence-corrected chi connectivity index (χ1v) is 20.5. The Balaban J connectivity index is 0.000000160. The van der Waals surface area contributed by atoms with Gasteiger partial charge in [0.05, 0.1) is 29.4 Å². The Kier molecular flexibility index (Phi) is 13.7. The summed E-state index contributed by atoms with van der Waals surface area (Å²) < 4.78 is 11.4. The van der Waals surface area contributed by atoms with Crippen LogP contribution in [0, 0.1) is 0 Å². The summed E-state index contributed by atoms with van der Waals surface area (Å²) in [5.41, 5.74) is 9.54. The van der Waals surface area contributed by atoms with Gasteiger partial charge in [-0.05, 0) is 133 Å². The highest BCUT2D eigenvalue weighted by atomic mass is 32.1. The van der Waals surface area contributed by atoms with Gasteiger partial charge >= 0.3 is 0 Å². The molecule has 4 aromatic rings. The second-order valence-electron chi connectivity index (χ2n) is 18.1. The van der Waals surface area contributed by atoms with Crippen LogP contribution in [0.4, 0.5) is 0 Å². The zero-order chi connectivity index (χ0) is 40.0. The Morgan fingerprint density at radius 2 is 0.909 bits per heavy atom. The van der Waals surface area contributed by atoms with Gasteiger partial charge in [-0.15, -0.1) is 0 Å². The van der Waals surface area contributed by atoms with Crippen LogP contribution in [-0.4, -0.2) is 37.3 Å². The van der Waals surface area contributed by atoms with E-state index in [1.165, 1.54) is 27.8 Å². The summed E-state index contributed by atoms with van der Waals surface area (Å²) in [5.74, 6) is 0.552. The Bertz CT molecular complexity index is 2030. The lowest BCUT2D eigenvalue weighted by molar-refractivity contribution is -0.122. The predicted octanol–water partition coefficient (Wildman–Crippen LogP) is 9.38. The first-order valence-electron chi connectivity index (χ1n) is 19.8. The average Bonchev–Trinajstić information content (AvgIpc) is 3.36. The standard InChI is InChI=1S/C19H21NO.C15H21NOS.C14H19NO/c1-19(2,3)20-18-16-11-7-6-10-15(16)14-9-5-4-8-13(14)12-17(18)21;1-15(2,3)16-14-12-9-5-4-7-11(12)8-6-10-13(14)18-17;1-14(2,3)15-13-11-7-5-4-6-10(11)8-9-12(13)16/h4-11,18,20H,12H2,1-3H3;4-5,7,9,14,16H,6,8,10H2,1-3H3;4-7,13,15H,8-9H2,1-3H3. The number of hydrogen-bond donors (Lipinski definition) is 3. The SMILES string of the molecule is CC(C)(C)NC1C(=O)CCc2ccccc21.CC(C)(C)NC1C(=O)Cc2ccccc2-c2ccccc21.CC(C)(C)NC1C(=S=O)CCCc2ccccc21. The average molecular weight is 760 g/mol. The summed E-state index contributed by atoms with van der Waals surface area (Å²) in [6, 6.07) is 32.9. The van der Waals surface area contributed by atoms with E-state index >= 15 is 0 Å². The van der Waals surface area contributed by atoms with Crippen molar-refractivity contribution in [2.75, 3.05) is 0 Å². The molecular weight excluding hydrogens is 699 g/mol. The molecule has 0 amide bonds. The van der Waals surface area contributed by atoms with E-state index in [0.29, 0.717) is 29.9 Å². The van der Waals surface area contributed by atoms with E-state index in [1.54, 1.807) is 0 Å². The van der Waals surface area contributed by atoms with Crippen molar-refractivity contribution in [2.45, 2.75) is 136 Å². The predicted molar refractivity (Wildman–Crippen MR) is 230 cm³/mol. The number of rotatable bonds is 3. The van der Waals surface area contributed by atoms with Crippen LogP contribution >= 0.6 is 0 Å². The third kappa shape index (κ3) is 11.5. The minimum Gasteiger partial charge on any atom is -0.301 e. The number of Topliss-reactive ketones (excluding diaryl/α,β-unsaturated/α-hetero) is 2. The zero-order valence-electron chi connectivity index (χ0n) is 34.3. The maximum atomic E-state index is 12.8. The fraction of sp³-hybridized carbons (Fsp3) is 0.438. The third-order valence-electron chi connectivity index (χ3n) is 9.99. The molecule has 292 valence electrons. The topological polar surface area (TPSA) is 87.3 Å². The number of hydrogen-bond acceptors (Lipinski definition) is 6. The van der Waals surface area contributed by atoms with Crippen LogP contribution in [-0.2, 0) is 40.1 Å². The van der Waals surface area contributed by atoms with Gasteiger partial charge in [0.15, 0.2) is 11.6 Å². The van der Waals surface area contributed by atoms with E-state index in [-0.39, 0.29) is 40.5 Å². The molecule has 0 fully saturated rings. The number of nitrogens with one attached hydrogen (secondary N) is 3. The van der Waals surface area contributed by atoms with Crippen molar-refractivity contribution in [3.63, 3.8) is 0 Å². The van der Waals surface area contributed by atoms with E-state index in [1.807, 2.05) is 36.4 Å². The van der Waals surface area contributed by atoms with Crippen molar-refractivity contribution in [1.82, 2.24) is 16.0 Å². The summed E-state index contributed by atoms with van der Waals surface area (Å²) >= 11 is 0.676. The number of aryl methyl sites for hydroxylation is 2. The Morgan fingerprint density at radius 1 is 0.473 bits per heavy atom. The van der Waals surface area contributed by atoms with Crippen LogP contribution in [0.3, 0.4) is 0 Å². The smallest absolute Gasteiger partial charge is 0.158 e. The second kappa shape index (κ2) is 17.8. The van der Waals surface area contributed by atoms with Crippen LogP contribution in [0.2, 0.25) is 0 Å². The van der Waals surface area contributed by atoms with Crippen molar-refractivity contribution in [3.8, 4) is 11.1 Å². The first-order chi connectivity index (χ1) is 25.9. The summed E-state index contributed by atoms with van der Waals surface area (Å²) in [6.45, 7) is 19.0. The van der Waals surface area contributed by atoms with Gasteiger partial charge in [0.2, 0.25) is 0 Å². The van der Waals surface area contributed by atoms with Crippen LogP contribution < -0.4 is 16.0 Å². The fourth-order valence-electron chi connectivity index (χ4n) is 7.69. The molecule has 0 radical (unpaired) electrons. The number of carbonyl (C=O) groups excluding carboxylic acids is 2. The summed E-state index contributed by atoms with van der Waals surface area (Å²) in [5, 5.41) is 10.5. The fourth-order valence-corrected chi connectivity index (χ4v) is 8.20. The van der Waals surface area contributed by atoms with Gasteiger partial charge in [-0.1, -0.05) is 97.1 Å². The number of fused-ring (bicyclic) bond motifs is 5. The van der Waals surface area contributed by atoms with Gasteiger partial charge in [-0.25, -0.2) is 4.21 Å². The van der Waals surface area contributed by atoms with Crippen molar-refractivity contribution in [3.05, 3.63) is 130 Å². The van der Waals surface area contributed by atoms with E-state index in [2.05, 4.69) is 139 Å².